The molecule has 0 saturated heterocycles. The van der Waals surface area contributed by atoms with Crippen LogP contribution >= 0.6 is 11.8 Å². The molecule has 0 radical (unpaired) electrons. The molecule has 4 atom stereocenters. The van der Waals surface area contributed by atoms with Gasteiger partial charge in [-0.25, -0.2) is 4.79 Å². The van der Waals surface area contributed by atoms with Crippen LogP contribution in [0.4, 0.5) is 0 Å². The molecule has 1 aromatic carbocycles. The van der Waals surface area contributed by atoms with Gasteiger partial charge in [0.1, 0.15) is 18.1 Å². The smallest absolute Gasteiger partial charge is 0.328 e. The highest BCUT2D eigenvalue weighted by molar-refractivity contribution is 7.98. The van der Waals surface area contributed by atoms with Gasteiger partial charge in [0.2, 0.25) is 17.7 Å². The first-order valence-corrected chi connectivity index (χ1v) is 12.9. The quantitative estimate of drug-likeness (QED) is 0.128. The second kappa shape index (κ2) is 16.9. The Morgan fingerprint density at radius 1 is 0.914 bits per heavy atom. The van der Waals surface area contributed by atoms with E-state index in [2.05, 4.69) is 16.0 Å². The number of rotatable bonds is 17. The Balaban J connectivity index is 2.99. The van der Waals surface area contributed by atoms with E-state index in [1.807, 2.05) is 6.26 Å². The van der Waals surface area contributed by atoms with E-state index in [0.717, 1.165) is 12.0 Å². The molecule has 0 heterocycles. The number of aliphatic hydroxyl groups excluding tert-OH is 1. The molecule has 0 aliphatic heterocycles. The number of thioether (sulfide) groups is 1. The Hall–Kier alpha value is -2.67. The first-order valence-electron chi connectivity index (χ1n) is 11.5. The second-order valence-corrected chi connectivity index (χ2v) is 9.05. The summed E-state index contributed by atoms with van der Waals surface area (Å²) in [6.07, 6.45) is 4.10. The minimum absolute atomic E-state index is 0.0813. The summed E-state index contributed by atoms with van der Waals surface area (Å²) >= 11 is 1.49. The number of carbonyl (C=O) groups is 4. The summed E-state index contributed by atoms with van der Waals surface area (Å²) in [5.74, 6) is -2.66. The highest BCUT2D eigenvalue weighted by atomic mass is 32.2. The third-order valence-corrected chi connectivity index (χ3v) is 5.91. The summed E-state index contributed by atoms with van der Waals surface area (Å²) in [5.41, 5.74) is 12.2. The van der Waals surface area contributed by atoms with Crippen molar-refractivity contribution in [3.63, 3.8) is 0 Å². The van der Waals surface area contributed by atoms with E-state index in [0.29, 0.717) is 31.6 Å². The maximum Gasteiger partial charge on any atom is 0.328 e. The van der Waals surface area contributed by atoms with Crippen LogP contribution in [0.25, 0.3) is 0 Å². The van der Waals surface area contributed by atoms with E-state index < -0.39 is 54.5 Å². The lowest BCUT2D eigenvalue weighted by molar-refractivity contribution is -0.143. The van der Waals surface area contributed by atoms with Crippen LogP contribution in [0.3, 0.4) is 0 Å². The number of carboxylic acids is 1. The molecule has 0 saturated carbocycles. The number of hydrogen-bond donors (Lipinski definition) is 7. The third kappa shape index (κ3) is 11.5. The van der Waals surface area contributed by atoms with Gasteiger partial charge in [0, 0.05) is 6.42 Å². The lowest BCUT2D eigenvalue weighted by atomic mass is 10.0. The lowest BCUT2D eigenvalue weighted by Gasteiger charge is -2.25. The lowest BCUT2D eigenvalue weighted by Crippen LogP contribution is -2.58. The first kappa shape index (κ1) is 30.4. The summed E-state index contributed by atoms with van der Waals surface area (Å²) in [4.78, 5) is 49.8. The van der Waals surface area contributed by atoms with Crippen molar-refractivity contribution in [1.82, 2.24) is 16.0 Å². The predicted molar refractivity (Wildman–Crippen MR) is 135 cm³/mol. The van der Waals surface area contributed by atoms with Gasteiger partial charge < -0.3 is 37.6 Å². The molecule has 1 rings (SSSR count). The molecule has 1 aromatic rings. The minimum Gasteiger partial charge on any atom is -0.480 e. The van der Waals surface area contributed by atoms with Crippen LogP contribution in [0.15, 0.2) is 30.3 Å². The monoisotopic (exact) mass is 511 g/mol. The fraction of sp³-hybridized carbons (Fsp3) is 0.565. The molecule has 12 heteroatoms. The van der Waals surface area contributed by atoms with E-state index >= 15 is 0 Å². The highest BCUT2D eigenvalue weighted by Crippen LogP contribution is 2.07. The Morgan fingerprint density at radius 2 is 1.51 bits per heavy atom. The normalized spacial score (nSPS) is 14.3. The Kier molecular flexibility index (Phi) is 14.6. The zero-order valence-corrected chi connectivity index (χ0v) is 20.8. The van der Waals surface area contributed by atoms with Crippen molar-refractivity contribution >= 4 is 35.5 Å². The molecule has 0 aliphatic carbocycles. The van der Waals surface area contributed by atoms with Crippen LogP contribution < -0.4 is 27.4 Å². The second-order valence-electron chi connectivity index (χ2n) is 8.07. The van der Waals surface area contributed by atoms with E-state index in [4.69, 9.17) is 16.6 Å². The van der Waals surface area contributed by atoms with Crippen molar-refractivity contribution in [1.29, 1.82) is 0 Å². The van der Waals surface area contributed by atoms with Gasteiger partial charge in [0.25, 0.3) is 0 Å². The molecule has 0 aliphatic rings. The van der Waals surface area contributed by atoms with Gasteiger partial charge in [-0.1, -0.05) is 36.8 Å². The number of aliphatic hydroxyl groups is 1. The van der Waals surface area contributed by atoms with E-state index in [9.17, 15) is 24.3 Å². The number of unbranched alkanes of at least 4 members (excludes halogenated alkanes) is 1. The van der Waals surface area contributed by atoms with Gasteiger partial charge in [-0.2, -0.15) is 11.8 Å². The van der Waals surface area contributed by atoms with Gasteiger partial charge in [-0.05, 0) is 43.4 Å². The van der Waals surface area contributed by atoms with Crippen molar-refractivity contribution in [2.75, 3.05) is 25.2 Å². The molecular weight excluding hydrogens is 474 g/mol. The van der Waals surface area contributed by atoms with E-state index in [-0.39, 0.29) is 6.42 Å². The van der Waals surface area contributed by atoms with Crippen LogP contribution in [-0.4, -0.2) is 83.2 Å². The minimum atomic E-state index is -1.52. The van der Waals surface area contributed by atoms with Gasteiger partial charge >= 0.3 is 5.97 Å². The van der Waals surface area contributed by atoms with Gasteiger partial charge in [0.15, 0.2) is 0 Å². The maximum atomic E-state index is 13.1. The number of carboxylic acid groups (broad SMARTS) is 1. The Morgan fingerprint density at radius 3 is 2.09 bits per heavy atom. The van der Waals surface area contributed by atoms with Gasteiger partial charge in [0.05, 0.1) is 12.6 Å². The molecule has 4 unspecified atom stereocenters. The summed E-state index contributed by atoms with van der Waals surface area (Å²) in [6.45, 7) is -0.307. The molecule has 11 nitrogen and oxygen atoms in total. The average molecular weight is 512 g/mol. The largest absolute Gasteiger partial charge is 0.480 e. The zero-order chi connectivity index (χ0) is 26.2. The van der Waals surface area contributed by atoms with Crippen molar-refractivity contribution in [2.24, 2.45) is 11.5 Å². The zero-order valence-electron chi connectivity index (χ0n) is 19.9. The van der Waals surface area contributed by atoms with Crippen LogP contribution in [0.5, 0.6) is 0 Å². The number of carbonyl (C=O) groups excluding carboxylic acids is 3. The molecule has 0 fully saturated rings. The molecule has 35 heavy (non-hydrogen) atoms. The summed E-state index contributed by atoms with van der Waals surface area (Å²) in [6, 6.07) is 4.49. The fourth-order valence-electron chi connectivity index (χ4n) is 3.21. The molecule has 0 spiro atoms. The summed E-state index contributed by atoms with van der Waals surface area (Å²) in [7, 11) is 0. The number of hydrogen-bond acceptors (Lipinski definition) is 8. The molecule has 0 aromatic heterocycles. The number of amides is 3. The predicted octanol–water partition coefficient (Wildman–Crippen LogP) is -1.03. The standard InChI is InChI=1S/C23H37N5O6S/c1-35-12-10-17(26-20(30)16(25)9-5-6-11-24)21(31)27-18(13-15-7-3-2-4-8-15)22(32)28-19(14-29)23(33)34/h2-4,7-8,16-19,29H,5-6,9-14,24-25H2,1H3,(H,26,30)(H,27,31)(H,28,32)(H,33,34). The van der Waals surface area contributed by atoms with Gasteiger partial charge in [-0.15, -0.1) is 0 Å². The number of aliphatic carboxylic acids is 1. The van der Waals surface area contributed by atoms with E-state index in [1.54, 1.807) is 30.3 Å². The maximum absolute atomic E-state index is 13.1. The van der Waals surface area contributed by atoms with Crippen LogP contribution in [-0.2, 0) is 25.6 Å². The van der Waals surface area contributed by atoms with Crippen molar-refractivity contribution in [2.45, 2.75) is 56.3 Å². The molecule has 9 N–H and O–H groups in total. The van der Waals surface area contributed by atoms with Crippen molar-refractivity contribution < 1.29 is 29.4 Å². The molecule has 0 bridgehead atoms. The SMILES string of the molecule is CSCCC(NC(=O)C(N)CCCCN)C(=O)NC(Cc1ccccc1)C(=O)NC(CO)C(=O)O. The Bertz CT molecular complexity index is 813. The summed E-state index contributed by atoms with van der Waals surface area (Å²) in [5, 5.41) is 26.0. The topological polar surface area (TPSA) is 197 Å². The fourth-order valence-corrected chi connectivity index (χ4v) is 3.68. The van der Waals surface area contributed by atoms with Crippen molar-refractivity contribution in [3.8, 4) is 0 Å². The van der Waals surface area contributed by atoms with Crippen LogP contribution in [0.1, 0.15) is 31.2 Å². The highest BCUT2D eigenvalue weighted by Gasteiger charge is 2.30. The number of nitrogens with one attached hydrogen (secondary N) is 3. The van der Waals surface area contributed by atoms with Crippen LogP contribution in [0.2, 0.25) is 0 Å². The van der Waals surface area contributed by atoms with Crippen LogP contribution in [0, 0.1) is 0 Å². The number of benzene rings is 1. The van der Waals surface area contributed by atoms with E-state index in [1.165, 1.54) is 11.8 Å². The van der Waals surface area contributed by atoms with Crippen molar-refractivity contribution in [3.05, 3.63) is 35.9 Å². The molecular formula is C23H37N5O6S. The van der Waals surface area contributed by atoms with Gasteiger partial charge in [-0.3, -0.25) is 14.4 Å². The molecule has 196 valence electrons. The third-order valence-electron chi connectivity index (χ3n) is 5.26. The number of nitrogens with two attached hydrogens (primary N) is 2. The first-order chi connectivity index (χ1) is 16.7. The summed E-state index contributed by atoms with van der Waals surface area (Å²) < 4.78 is 0. The molecule has 3 amide bonds. The Labute approximate surface area is 209 Å². The average Bonchev–Trinajstić information content (AvgIpc) is 2.84.